The molecule has 0 unspecified atom stereocenters. The molecular formula is C9H13NO2S2. The van der Waals surface area contributed by atoms with Crippen molar-refractivity contribution < 1.29 is 9.84 Å². The topological polar surface area (TPSA) is 55.5 Å². The third kappa shape index (κ3) is 2.10. The molecule has 0 saturated carbocycles. The molecule has 0 amide bonds. The lowest BCUT2D eigenvalue weighted by atomic mass is 10.1. The van der Waals surface area contributed by atoms with Crippen molar-refractivity contribution in [3.8, 4) is 11.5 Å². The Morgan fingerprint density at radius 2 is 2.07 bits per heavy atom. The van der Waals surface area contributed by atoms with Gasteiger partial charge in [0, 0.05) is 4.90 Å². The number of aromatic hydroxyl groups is 1. The highest BCUT2D eigenvalue weighted by Gasteiger charge is 2.13. The fourth-order valence-electron chi connectivity index (χ4n) is 1.23. The van der Waals surface area contributed by atoms with Crippen LogP contribution < -0.4 is 10.5 Å². The summed E-state index contributed by atoms with van der Waals surface area (Å²) < 4.78 is 4.98. The number of phenolic OH excluding ortho intramolecular Hbond substituents is 1. The third-order valence-electron chi connectivity index (χ3n) is 1.90. The van der Waals surface area contributed by atoms with Gasteiger partial charge in [-0.3, -0.25) is 0 Å². The van der Waals surface area contributed by atoms with Gasteiger partial charge in [-0.15, -0.1) is 25.3 Å². The summed E-state index contributed by atoms with van der Waals surface area (Å²) in [6.07, 6.45) is 0.657. The van der Waals surface area contributed by atoms with E-state index in [2.05, 4.69) is 25.3 Å². The molecule has 3 nitrogen and oxygen atoms in total. The van der Waals surface area contributed by atoms with Crippen LogP contribution in [0.1, 0.15) is 5.56 Å². The van der Waals surface area contributed by atoms with Crippen LogP contribution in [-0.2, 0) is 6.42 Å². The van der Waals surface area contributed by atoms with E-state index in [9.17, 15) is 5.11 Å². The number of benzene rings is 1. The van der Waals surface area contributed by atoms with Crippen LogP contribution in [0.2, 0.25) is 0 Å². The van der Waals surface area contributed by atoms with Gasteiger partial charge >= 0.3 is 0 Å². The third-order valence-corrected chi connectivity index (χ3v) is 3.02. The van der Waals surface area contributed by atoms with Crippen molar-refractivity contribution in [2.45, 2.75) is 16.2 Å². The molecule has 78 valence electrons. The standard InChI is InChI=1S/C9H13NO2S2/c1-12-7-6(11)4-5(2-3-10)8(13)9(7)14/h4,11,13-14H,2-3,10H2,1H3. The minimum absolute atomic E-state index is 0.0683. The minimum atomic E-state index is 0.0683. The first kappa shape index (κ1) is 11.6. The normalized spacial score (nSPS) is 10.3. The van der Waals surface area contributed by atoms with Crippen LogP contribution in [0.4, 0.5) is 0 Å². The van der Waals surface area contributed by atoms with Crippen LogP contribution in [0, 0.1) is 0 Å². The summed E-state index contributed by atoms with van der Waals surface area (Å²) in [5, 5.41) is 9.57. The molecule has 1 aromatic carbocycles. The van der Waals surface area contributed by atoms with Gasteiger partial charge in [0.25, 0.3) is 0 Å². The van der Waals surface area contributed by atoms with Crippen LogP contribution in [0.25, 0.3) is 0 Å². The molecular weight excluding hydrogens is 218 g/mol. The Morgan fingerprint density at radius 3 is 2.57 bits per heavy atom. The fourth-order valence-corrected chi connectivity index (χ4v) is 1.85. The predicted molar refractivity (Wildman–Crippen MR) is 61.9 cm³/mol. The monoisotopic (exact) mass is 231 g/mol. The van der Waals surface area contributed by atoms with Crippen molar-refractivity contribution in [1.29, 1.82) is 0 Å². The first-order chi connectivity index (χ1) is 6.61. The Labute approximate surface area is 94.1 Å². The lowest BCUT2D eigenvalue weighted by Crippen LogP contribution is -2.04. The van der Waals surface area contributed by atoms with Gasteiger partial charge in [-0.25, -0.2) is 0 Å². The number of methoxy groups -OCH3 is 1. The molecule has 14 heavy (non-hydrogen) atoms. The second-order valence-corrected chi connectivity index (χ2v) is 3.72. The van der Waals surface area contributed by atoms with Gasteiger partial charge in [0.2, 0.25) is 0 Å². The number of rotatable bonds is 3. The van der Waals surface area contributed by atoms with Gasteiger partial charge in [0.1, 0.15) is 0 Å². The van der Waals surface area contributed by atoms with Gasteiger partial charge in [0.05, 0.1) is 12.0 Å². The van der Waals surface area contributed by atoms with E-state index in [0.29, 0.717) is 28.5 Å². The molecule has 0 aromatic heterocycles. The van der Waals surface area contributed by atoms with Gasteiger partial charge in [-0.05, 0) is 24.6 Å². The predicted octanol–water partition coefficient (Wildman–Crippen LogP) is 1.48. The first-order valence-electron chi connectivity index (χ1n) is 4.12. The van der Waals surface area contributed by atoms with Gasteiger partial charge < -0.3 is 15.6 Å². The summed E-state index contributed by atoms with van der Waals surface area (Å²) >= 11 is 8.51. The Bertz CT molecular complexity index is 342. The van der Waals surface area contributed by atoms with Crippen LogP contribution in [0.15, 0.2) is 15.9 Å². The smallest absolute Gasteiger partial charge is 0.174 e. The highest BCUT2D eigenvalue weighted by molar-refractivity contribution is 7.83. The van der Waals surface area contributed by atoms with E-state index in [1.807, 2.05) is 0 Å². The molecule has 0 saturated heterocycles. The molecule has 0 atom stereocenters. The van der Waals surface area contributed by atoms with Crippen LogP contribution in [-0.4, -0.2) is 18.8 Å². The summed E-state index contributed by atoms with van der Waals surface area (Å²) in [7, 11) is 1.48. The van der Waals surface area contributed by atoms with Gasteiger partial charge in [-0.2, -0.15) is 0 Å². The highest BCUT2D eigenvalue weighted by Crippen LogP contribution is 2.39. The SMILES string of the molecule is COc1c(O)cc(CCN)c(S)c1S. The Balaban J connectivity index is 3.25. The average molecular weight is 231 g/mol. The average Bonchev–Trinajstić information content (AvgIpc) is 2.15. The highest BCUT2D eigenvalue weighted by atomic mass is 32.1. The molecule has 0 spiro atoms. The molecule has 0 heterocycles. The number of thiol groups is 2. The fraction of sp³-hybridized carbons (Fsp3) is 0.333. The van der Waals surface area contributed by atoms with E-state index in [-0.39, 0.29) is 5.75 Å². The maximum Gasteiger partial charge on any atom is 0.174 e. The lowest BCUT2D eigenvalue weighted by molar-refractivity contribution is 0.362. The first-order valence-corrected chi connectivity index (χ1v) is 5.02. The van der Waals surface area contributed by atoms with Gasteiger partial charge in [0.15, 0.2) is 11.5 Å². The zero-order chi connectivity index (χ0) is 10.7. The van der Waals surface area contributed by atoms with E-state index in [1.54, 1.807) is 6.07 Å². The molecule has 1 aromatic rings. The van der Waals surface area contributed by atoms with E-state index >= 15 is 0 Å². The zero-order valence-electron chi connectivity index (χ0n) is 7.82. The lowest BCUT2D eigenvalue weighted by Gasteiger charge is -2.12. The minimum Gasteiger partial charge on any atom is -0.504 e. The van der Waals surface area contributed by atoms with Crippen molar-refractivity contribution in [1.82, 2.24) is 0 Å². The van der Waals surface area contributed by atoms with Crippen molar-refractivity contribution >= 4 is 25.3 Å². The number of ether oxygens (including phenoxy) is 1. The van der Waals surface area contributed by atoms with E-state index < -0.39 is 0 Å². The van der Waals surface area contributed by atoms with Crippen molar-refractivity contribution in [2.75, 3.05) is 13.7 Å². The van der Waals surface area contributed by atoms with Crippen molar-refractivity contribution in [3.63, 3.8) is 0 Å². The number of hydrogen-bond donors (Lipinski definition) is 4. The molecule has 0 radical (unpaired) electrons. The second kappa shape index (κ2) is 4.82. The Hall–Kier alpha value is -0.520. The molecule has 0 aliphatic heterocycles. The molecule has 3 N–H and O–H groups in total. The van der Waals surface area contributed by atoms with Gasteiger partial charge in [-0.1, -0.05) is 0 Å². The molecule has 0 fully saturated rings. The summed E-state index contributed by atoms with van der Waals surface area (Å²) in [6.45, 7) is 0.506. The second-order valence-electron chi connectivity index (χ2n) is 2.82. The van der Waals surface area contributed by atoms with Crippen molar-refractivity contribution in [3.05, 3.63) is 11.6 Å². The summed E-state index contributed by atoms with van der Waals surface area (Å²) in [4.78, 5) is 1.24. The number of hydrogen-bond acceptors (Lipinski definition) is 5. The van der Waals surface area contributed by atoms with E-state index in [4.69, 9.17) is 10.5 Å². The zero-order valence-corrected chi connectivity index (χ0v) is 9.61. The molecule has 5 heteroatoms. The number of nitrogens with two attached hydrogens (primary N) is 1. The molecule has 0 aliphatic carbocycles. The molecule has 0 aliphatic rings. The largest absolute Gasteiger partial charge is 0.504 e. The van der Waals surface area contributed by atoms with E-state index in [0.717, 1.165) is 5.56 Å². The van der Waals surface area contributed by atoms with Crippen LogP contribution in [0.5, 0.6) is 11.5 Å². The summed E-state index contributed by atoms with van der Waals surface area (Å²) in [6, 6.07) is 1.60. The van der Waals surface area contributed by atoms with E-state index in [1.165, 1.54) is 7.11 Å². The van der Waals surface area contributed by atoms with Crippen molar-refractivity contribution in [2.24, 2.45) is 5.73 Å². The maximum absolute atomic E-state index is 9.57. The maximum atomic E-state index is 9.57. The number of phenols is 1. The molecule has 0 bridgehead atoms. The van der Waals surface area contributed by atoms with Crippen LogP contribution >= 0.6 is 25.3 Å². The molecule has 1 rings (SSSR count). The quantitative estimate of drug-likeness (QED) is 0.596. The van der Waals surface area contributed by atoms with Crippen LogP contribution in [0.3, 0.4) is 0 Å². The Kier molecular flexibility index (Phi) is 3.97. The summed E-state index contributed by atoms with van der Waals surface area (Å²) in [5.74, 6) is 0.415. The summed E-state index contributed by atoms with van der Waals surface area (Å²) in [5.41, 5.74) is 6.30. The Morgan fingerprint density at radius 1 is 1.43 bits per heavy atom.